The molecular formula is C14H21NO. The zero-order valence-electron chi connectivity index (χ0n) is 10.3. The third-order valence-corrected chi connectivity index (χ3v) is 3.33. The first-order chi connectivity index (χ1) is 7.83. The van der Waals surface area contributed by atoms with Gasteiger partial charge in [0.05, 0.1) is 7.11 Å². The Morgan fingerprint density at radius 2 is 2.19 bits per heavy atom. The van der Waals surface area contributed by atoms with Crippen molar-refractivity contribution in [1.29, 1.82) is 0 Å². The highest BCUT2D eigenvalue weighted by molar-refractivity contribution is 5.37. The molecule has 0 N–H and O–H groups in total. The summed E-state index contributed by atoms with van der Waals surface area (Å²) in [5.41, 5.74) is 2.94. The van der Waals surface area contributed by atoms with Gasteiger partial charge in [-0.1, -0.05) is 19.4 Å². The highest BCUT2D eigenvalue weighted by Crippen LogP contribution is 2.23. The molecule has 88 valence electrons. The third kappa shape index (κ3) is 2.56. The molecule has 0 saturated heterocycles. The van der Waals surface area contributed by atoms with Crippen LogP contribution in [0.25, 0.3) is 0 Å². The second-order valence-electron chi connectivity index (χ2n) is 4.51. The van der Waals surface area contributed by atoms with E-state index in [1.54, 1.807) is 7.11 Å². The topological polar surface area (TPSA) is 12.5 Å². The molecule has 0 saturated carbocycles. The Morgan fingerprint density at radius 1 is 1.31 bits per heavy atom. The van der Waals surface area contributed by atoms with Gasteiger partial charge >= 0.3 is 0 Å². The van der Waals surface area contributed by atoms with Gasteiger partial charge in [0.1, 0.15) is 5.75 Å². The zero-order valence-corrected chi connectivity index (χ0v) is 10.3. The van der Waals surface area contributed by atoms with Crippen molar-refractivity contribution in [1.82, 2.24) is 4.90 Å². The summed E-state index contributed by atoms with van der Waals surface area (Å²) in [4.78, 5) is 2.55. The Kier molecular flexibility index (Phi) is 3.83. The molecule has 1 aliphatic heterocycles. The van der Waals surface area contributed by atoms with Crippen LogP contribution in [0.2, 0.25) is 0 Å². The predicted octanol–water partition coefficient (Wildman–Crippen LogP) is 2.85. The van der Waals surface area contributed by atoms with E-state index in [1.165, 1.54) is 37.1 Å². The molecule has 0 amide bonds. The minimum atomic E-state index is 0.987. The summed E-state index contributed by atoms with van der Waals surface area (Å²) < 4.78 is 5.26. The summed E-state index contributed by atoms with van der Waals surface area (Å²) in [6, 6.07) is 6.47. The molecule has 2 nitrogen and oxygen atoms in total. The van der Waals surface area contributed by atoms with E-state index in [0.29, 0.717) is 0 Å². The summed E-state index contributed by atoms with van der Waals surface area (Å²) >= 11 is 0. The van der Waals surface area contributed by atoms with Crippen molar-refractivity contribution in [3.63, 3.8) is 0 Å². The molecule has 0 radical (unpaired) electrons. The van der Waals surface area contributed by atoms with Crippen LogP contribution in [-0.4, -0.2) is 25.1 Å². The summed E-state index contributed by atoms with van der Waals surface area (Å²) in [6.45, 7) is 5.80. The van der Waals surface area contributed by atoms with Crippen LogP contribution in [0.4, 0.5) is 0 Å². The van der Waals surface area contributed by atoms with Crippen molar-refractivity contribution < 1.29 is 4.74 Å². The van der Waals surface area contributed by atoms with Crippen molar-refractivity contribution in [2.45, 2.75) is 32.7 Å². The molecule has 0 unspecified atom stereocenters. The summed E-state index contributed by atoms with van der Waals surface area (Å²) in [5, 5.41) is 0. The standard InChI is InChI=1S/C14H21NO/c1-3-4-8-15-9-7-12-10-14(16-2)6-5-13(12)11-15/h5-6,10H,3-4,7-9,11H2,1-2H3. The molecule has 0 aliphatic carbocycles. The van der Waals surface area contributed by atoms with Crippen molar-refractivity contribution in [2.24, 2.45) is 0 Å². The van der Waals surface area contributed by atoms with Gasteiger partial charge in [0.25, 0.3) is 0 Å². The van der Waals surface area contributed by atoms with E-state index in [4.69, 9.17) is 4.74 Å². The molecule has 0 atom stereocenters. The molecule has 0 aromatic heterocycles. The Hall–Kier alpha value is -1.02. The van der Waals surface area contributed by atoms with Crippen LogP contribution >= 0.6 is 0 Å². The molecule has 0 spiro atoms. The highest BCUT2D eigenvalue weighted by atomic mass is 16.5. The van der Waals surface area contributed by atoms with Gasteiger partial charge in [-0.2, -0.15) is 0 Å². The number of unbranched alkanes of at least 4 members (excludes halogenated alkanes) is 1. The van der Waals surface area contributed by atoms with Crippen LogP contribution in [-0.2, 0) is 13.0 Å². The van der Waals surface area contributed by atoms with Gasteiger partial charge in [-0.05, 0) is 42.6 Å². The Morgan fingerprint density at radius 3 is 2.94 bits per heavy atom. The average Bonchev–Trinajstić information content (AvgIpc) is 2.35. The second-order valence-corrected chi connectivity index (χ2v) is 4.51. The van der Waals surface area contributed by atoms with E-state index < -0.39 is 0 Å². The number of benzene rings is 1. The van der Waals surface area contributed by atoms with E-state index in [-0.39, 0.29) is 0 Å². The molecule has 1 aromatic rings. The monoisotopic (exact) mass is 219 g/mol. The van der Waals surface area contributed by atoms with Gasteiger partial charge < -0.3 is 4.74 Å². The first-order valence-corrected chi connectivity index (χ1v) is 6.21. The molecular weight excluding hydrogens is 198 g/mol. The number of fused-ring (bicyclic) bond motifs is 1. The van der Waals surface area contributed by atoms with Crippen LogP contribution in [0.3, 0.4) is 0 Å². The maximum atomic E-state index is 5.26. The number of methoxy groups -OCH3 is 1. The molecule has 0 bridgehead atoms. The largest absolute Gasteiger partial charge is 0.497 e. The molecule has 0 fully saturated rings. The number of nitrogens with zero attached hydrogens (tertiary/aromatic N) is 1. The molecule has 1 aromatic carbocycles. The van der Waals surface area contributed by atoms with Gasteiger partial charge in [-0.25, -0.2) is 0 Å². The normalized spacial score (nSPS) is 15.9. The maximum absolute atomic E-state index is 5.26. The van der Waals surface area contributed by atoms with E-state index in [2.05, 4.69) is 30.0 Å². The van der Waals surface area contributed by atoms with Crippen LogP contribution < -0.4 is 4.74 Å². The van der Waals surface area contributed by atoms with Gasteiger partial charge in [0.2, 0.25) is 0 Å². The van der Waals surface area contributed by atoms with Gasteiger partial charge in [0.15, 0.2) is 0 Å². The Labute approximate surface area is 98.2 Å². The smallest absolute Gasteiger partial charge is 0.119 e. The lowest BCUT2D eigenvalue weighted by Gasteiger charge is -2.28. The first kappa shape index (κ1) is 11.5. The SMILES string of the molecule is CCCCN1CCc2cc(OC)ccc2C1. The number of hydrogen-bond acceptors (Lipinski definition) is 2. The van der Waals surface area contributed by atoms with E-state index >= 15 is 0 Å². The minimum absolute atomic E-state index is 0.987. The van der Waals surface area contributed by atoms with Crippen molar-refractivity contribution >= 4 is 0 Å². The van der Waals surface area contributed by atoms with E-state index in [9.17, 15) is 0 Å². The third-order valence-electron chi connectivity index (χ3n) is 3.33. The van der Waals surface area contributed by atoms with Crippen molar-refractivity contribution in [3.8, 4) is 5.75 Å². The fraction of sp³-hybridized carbons (Fsp3) is 0.571. The second kappa shape index (κ2) is 5.35. The van der Waals surface area contributed by atoms with Gasteiger partial charge in [0, 0.05) is 13.1 Å². The lowest BCUT2D eigenvalue weighted by Crippen LogP contribution is -2.31. The predicted molar refractivity (Wildman–Crippen MR) is 66.9 cm³/mol. The quantitative estimate of drug-likeness (QED) is 0.772. The number of hydrogen-bond donors (Lipinski definition) is 0. The highest BCUT2D eigenvalue weighted by Gasteiger charge is 2.15. The van der Waals surface area contributed by atoms with E-state index in [0.717, 1.165) is 18.7 Å². The molecule has 16 heavy (non-hydrogen) atoms. The molecule has 2 heteroatoms. The first-order valence-electron chi connectivity index (χ1n) is 6.21. The van der Waals surface area contributed by atoms with Gasteiger partial charge in [-0.3, -0.25) is 4.90 Å². The lowest BCUT2D eigenvalue weighted by atomic mass is 9.99. The minimum Gasteiger partial charge on any atom is -0.497 e. The Balaban J connectivity index is 2.04. The Bertz CT molecular complexity index is 349. The van der Waals surface area contributed by atoms with Crippen LogP contribution in [0, 0.1) is 0 Å². The van der Waals surface area contributed by atoms with Gasteiger partial charge in [-0.15, -0.1) is 0 Å². The maximum Gasteiger partial charge on any atom is 0.119 e. The summed E-state index contributed by atoms with van der Waals surface area (Å²) in [7, 11) is 1.73. The fourth-order valence-electron chi connectivity index (χ4n) is 2.29. The van der Waals surface area contributed by atoms with Crippen LogP contribution in [0.15, 0.2) is 18.2 Å². The average molecular weight is 219 g/mol. The van der Waals surface area contributed by atoms with Crippen LogP contribution in [0.5, 0.6) is 5.75 Å². The van der Waals surface area contributed by atoms with E-state index in [1.807, 2.05) is 0 Å². The summed E-state index contributed by atoms with van der Waals surface area (Å²) in [6.07, 6.45) is 3.76. The van der Waals surface area contributed by atoms with Crippen LogP contribution in [0.1, 0.15) is 30.9 Å². The molecule has 1 aliphatic rings. The zero-order chi connectivity index (χ0) is 11.4. The molecule has 2 rings (SSSR count). The number of ether oxygens (including phenoxy) is 1. The fourth-order valence-corrected chi connectivity index (χ4v) is 2.29. The van der Waals surface area contributed by atoms with Crippen molar-refractivity contribution in [2.75, 3.05) is 20.2 Å². The lowest BCUT2D eigenvalue weighted by molar-refractivity contribution is 0.250. The summed E-state index contributed by atoms with van der Waals surface area (Å²) in [5.74, 6) is 0.987. The van der Waals surface area contributed by atoms with Crippen molar-refractivity contribution in [3.05, 3.63) is 29.3 Å². The number of rotatable bonds is 4. The molecule has 1 heterocycles.